The third-order valence-corrected chi connectivity index (χ3v) is 4.27. The fraction of sp³-hybridized carbons (Fsp3) is 0.231. The van der Waals surface area contributed by atoms with Crippen molar-refractivity contribution in [1.29, 1.82) is 0 Å². The third-order valence-electron chi connectivity index (χ3n) is 2.59. The van der Waals surface area contributed by atoms with Gasteiger partial charge in [-0.15, -0.1) is 22.9 Å². The monoisotopic (exact) mass is 288 g/mol. The molecule has 90 valence electrons. The van der Waals surface area contributed by atoms with Crippen LogP contribution in [0.15, 0.2) is 24.3 Å². The van der Waals surface area contributed by atoms with Crippen molar-refractivity contribution in [1.82, 2.24) is 0 Å². The van der Waals surface area contributed by atoms with E-state index < -0.39 is 5.38 Å². The Balaban J connectivity index is 2.43. The van der Waals surface area contributed by atoms with Crippen LogP contribution in [0, 0.1) is 19.7 Å². The van der Waals surface area contributed by atoms with Crippen LogP contribution >= 0.6 is 34.5 Å². The minimum atomic E-state index is -0.461. The van der Waals surface area contributed by atoms with E-state index in [1.165, 1.54) is 10.9 Å². The molecule has 0 aliphatic rings. The zero-order chi connectivity index (χ0) is 12.6. The molecule has 0 saturated heterocycles. The Morgan fingerprint density at radius 3 is 2.41 bits per heavy atom. The van der Waals surface area contributed by atoms with Gasteiger partial charge in [0.1, 0.15) is 5.82 Å². The maximum atomic E-state index is 13.8. The lowest BCUT2D eigenvalue weighted by molar-refractivity contribution is 0.612. The van der Waals surface area contributed by atoms with E-state index in [0.29, 0.717) is 10.6 Å². The van der Waals surface area contributed by atoms with Crippen molar-refractivity contribution in [3.05, 3.63) is 56.0 Å². The molecule has 2 rings (SSSR count). The first-order valence-corrected chi connectivity index (χ1v) is 6.78. The molecule has 0 spiro atoms. The van der Waals surface area contributed by atoms with Crippen LogP contribution in [0.4, 0.5) is 4.39 Å². The summed E-state index contributed by atoms with van der Waals surface area (Å²) in [4.78, 5) is 2.30. The molecule has 1 aromatic heterocycles. The molecule has 1 atom stereocenters. The average molecular weight is 289 g/mol. The minimum Gasteiger partial charge on any atom is -0.207 e. The highest BCUT2D eigenvalue weighted by Gasteiger charge is 2.18. The highest BCUT2D eigenvalue weighted by Crippen LogP contribution is 2.36. The van der Waals surface area contributed by atoms with E-state index in [9.17, 15) is 4.39 Å². The lowest BCUT2D eigenvalue weighted by atomic mass is 10.0. The zero-order valence-electron chi connectivity index (χ0n) is 9.43. The maximum Gasteiger partial charge on any atom is 0.129 e. The number of halogens is 3. The molecule has 1 aromatic carbocycles. The number of rotatable bonds is 2. The van der Waals surface area contributed by atoms with Crippen LogP contribution in [0.1, 0.15) is 26.3 Å². The molecule has 1 unspecified atom stereocenters. The van der Waals surface area contributed by atoms with E-state index in [-0.39, 0.29) is 5.82 Å². The third kappa shape index (κ3) is 2.65. The largest absolute Gasteiger partial charge is 0.207 e. The van der Waals surface area contributed by atoms with Crippen LogP contribution in [0.3, 0.4) is 0 Å². The predicted octanol–water partition coefficient (Wildman–Crippen LogP) is 5.49. The number of hydrogen-bond donors (Lipinski definition) is 0. The fourth-order valence-corrected chi connectivity index (χ4v) is 3.37. The second kappa shape index (κ2) is 4.97. The molecule has 0 saturated carbocycles. The average Bonchev–Trinajstić information content (AvgIpc) is 2.57. The number of aryl methyl sites for hydroxylation is 2. The summed E-state index contributed by atoms with van der Waals surface area (Å²) in [6.07, 6.45) is 0. The summed E-state index contributed by atoms with van der Waals surface area (Å²) < 4.78 is 13.8. The van der Waals surface area contributed by atoms with Gasteiger partial charge in [0, 0.05) is 20.3 Å². The number of alkyl halides is 1. The highest BCUT2D eigenvalue weighted by molar-refractivity contribution is 7.12. The Labute approximate surface area is 114 Å². The van der Waals surface area contributed by atoms with Gasteiger partial charge >= 0.3 is 0 Å². The molecule has 0 aliphatic carbocycles. The van der Waals surface area contributed by atoms with Crippen LogP contribution in [0.25, 0.3) is 0 Å². The molecule has 1 heterocycles. The van der Waals surface area contributed by atoms with E-state index in [1.54, 1.807) is 23.5 Å². The molecular weight excluding hydrogens is 278 g/mol. The van der Waals surface area contributed by atoms with Crippen LogP contribution in [0.2, 0.25) is 5.02 Å². The van der Waals surface area contributed by atoms with Gasteiger partial charge in [0.25, 0.3) is 0 Å². The van der Waals surface area contributed by atoms with E-state index in [2.05, 4.69) is 0 Å². The number of benzene rings is 1. The van der Waals surface area contributed by atoms with Crippen molar-refractivity contribution >= 4 is 34.5 Å². The molecule has 0 aliphatic heterocycles. The number of thiophene rings is 1. The van der Waals surface area contributed by atoms with E-state index in [0.717, 1.165) is 10.4 Å². The molecule has 17 heavy (non-hydrogen) atoms. The standard InChI is InChI=1S/C13H11Cl2FS/c1-7-5-11(8(2)17-7)13(15)10-4-3-9(14)6-12(10)16/h3-6,13H,1-2H3. The SMILES string of the molecule is Cc1cc(C(Cl)c2ccc(Cl)cc2F)c(C)s1. The zero-order valence-corrected chi connectivity index (χ0v) is 11.8. The summed E-state index contributed by atoms with van der Waals surface area (Å²) in [5.41, 5.74) is 1.44. The van der Waals surface area contributed by atoms with Gasteiger partial charge in [-0.05, 0) is 37.6 Å². The van der Waals surface area contributed by atoms with Crippen LogP contribution < -0.4 is 0 Å². The Bertz CT molecular complexity index is 548. The summed E-state index contributed by atoms with van der Waals surface area (Å²) >= 11 is 13.7. The lowest BCUT2D eigenvalue weighted by Gasteiger charge is -2.11. The Morgan fingerprint density at radius 1 is 1.18 bits per heavy atom. The minimum absolute atomic E-state index is 0.360. The van der Waals surface area contributed by atoms with E-state index in [1.807, 2.05) is 19.9 Å². The number of hydrogen-bond acceptors (Lipinski definition) is 1. The van der Waals surface area contributed by atoms with Gasteiger partial charge in [0.15, 0.2) is 0 Å². The molecular formula is C13H11Cl2FS. The van der Waals surface area contributed by atoms with Crippen LogP contribution in [-0.4, -0.2) is 0 Å². The Hall–Kier alpha value is -0.570. The molecule has 0 radical (unpaired) electrons. The molecule has 0 N–H and O–H groups in total. The Morgan fingerprint density at radius 2 is 1.88 bits per heavy atom. The van der Waals surface area contributed by atoms with Gasteiger partial charge in [-0.1, -0.05) is 17.7 Å². The molecule has 0 nitrogen and oxygen atoms in total. The van der Waals surface area contributed by atoms with Crippen LogP contribution in [-0.2, 0) is 0 Å². The van der Waals surface area contributed by atoms with Crippen molar-refractivity contribution in [2.75, 3.05) is 0 Å². The van der Waals surface area contributed by atoms with Crippen molar-refractivity contribution in [3.8, 4) is 0 Å². The van der Waals surface area contributed by atoms with Gasteiger partial charge in [0.05, 0.1) is 5.38 Å². The van der Waals surface area contributed by atoms with Crippen molar-refractivity contribution < 1.29 is 4.39 Å². The topological polar surface area (TPSA) is 0 Å². The molecule has 2 aromatic rings. The first kappa shape index (κ1) is 12.9. The smallest absolute Gasteiger partial charge is 0.129 e. The van der Waals surface area contributed by atoms with Gasteiger partial charge in [-0.2, -0.15) is 0 Å². The van der Waals surface area contributed by atoms with Gasteiger partial charge in [-0.25, -0.2) is 4.39 Å². The summed E-state index contributed by atoms with van der Waals surface area (Å²) in [7, 11) is 0. The first-order valence-electron chi connectivity index (χ1n) is 5.15. The Kier molecular flexibility index (Phi) is 3.76. The quantitative estimate of drug-likeness (QED) is 0.642. The van der Waals surface area contributed by atoms with Crippen molar-refractivity contribution in [3.63, 3.8) is 0 Å². The first-order chi connectivity index (χ1) is 7.99. The normalized spacial score (nSPS) is 12.8. The van der Waals surface area contributed by atoms with E-state index in [4.69, 9.17) is 23.2 Å². The molecule has 0 amide bonds. The molecule has 0 fully saturated rings. The predicted molar refractivity (Wildman–Crippen MR) is 72.9 cm³/mol. The van der Waals surface area contributed by atoms with Crippen molar-refractivity contribution in [2.45, 2.75) is 19.2 Å². The highest BCUT2D eigenvalue weighted by atomic mass is 35.5. The van der Waals surface area contributed by atoms with Gasteiger partial charge in [0.2, 0.25) is 0 Å². The summed E-state index contributed by atoms with van der Waals surface area (Å²) in [6.45, 7) is 4.01. The second-order valence-electron chi connectivity index (χ2n) is 3.90. The van der Waals surface area contributed by atoms with Gasteiger partial charge in [-0.3, -0.25) is 0 Å². The van der Waals surface area contributed by atoms with E-state index >= 15 is 0 Å². The lowest BCUT2D eigenvalue weighted by Crippen LogP contribution is -1.97. The summed E-state index contributed by atoms with van der Waals surface area (Å²) in [5.74, 6) is -0.360. The second-order valence-corrected chi connectivity index (χ2v) is 6.23. The van der Waals surface area contributed by atoms with Crippen LogP contribution in [0.5, 0.6) is 0 Å². The molecule has 4 heteroatoms. The van der Waals surface area contributed by atoms with Gasteiger partial charge < -0.3 is 0 Å². The summed E-state index contributed by atoms with van der Waals surface area (Å²) in [5, 5.41) is -0.0782. The fourth-order valence-electron chi connectivity index (χ4n) is 1.78. The molecule has 0 bridgehead atoms. The maximum absolute atomic E-state index is 13.8. The van der Waals surface area contributed by atoms with Crippen molar-refractivity contribution in [2.24, 2.45) is 0 Å². The summed E-state index contributed by atoms with van der Waals surface area (Å²) in [6, 6.07) is 6.60.